The highest BCUT2D eigenvalue weighted by atomic mass is 32.2. The van der Waals surface area contributed by atoms with Crippen LogP contribution in [0.2, 0.25) is 0 Å². The van der Waals surface area contributed by atoms with Crippen molar-refractivity contribution in [3.8, 4) is 0 Å². The summed E-state index contributed by atoms with van der Waals surface area (Å²) in [6.07, 6.45) is 5.07. The lowest BCUT2D eigenvalue weighted by Gasteiger charge is -2.34. The molecule has 0 bridgehead atoms. The van der Waals surface area contributed by atoms with Crippen molar-refractivity contribution < 1.29 is 22.8 Å². The Hall–Kier alpha value is -3.02. The minimum absolute atomic E-state index is 0.00930. The Bertz CT molecular complexity index is 1250. The quantitative estimate of drug-likeness (QED) is 0.578. The summed E-state index contributed by atoms with van der Waals surface area (Å²) < 4.78 is 26.6. The van der Waals surface area contributed by atoms with Gasteiger partial charge in [0.1, 0.15) is 6.04 Å². The molecule has 3 amide bonds. The van der Waals surface area contributed by atoms with E-state index in [1.54, 1.807) is 37.5 Å². The molecule has 9 nitrogen and oxygen atoms in total. The first-order chi connectivity index (χ1) is 16.3. The monoisotopic (exact) mass is 500 g/mol. The van der Waals surface area contributed by atoms with E-state index in [0.29, 0.717) is 5.56 Å². The van der Waals surface area contributed by atoms with Gasteiger partial charge in [0.05, 0.1) is 10.7 Å². The van der Waals surface area contributed by atoms with E-state index in [1.807, 2.05) is 24.3 Å². The molecule has 11 heteroatoms. The highest BCUT2D eigenvalue weighted by molar-refractivity contribution is 8.18. The van der Waals surface area contributed by atoms with E-state index in [2.05, 4.69) is 10.3 Å². The van der Waals surface area contributed by atoms with Crippen LogP contribution in [0.3, 0.4) is 0 Å². The fourth-order valence-corrected chi connectivity index (χ4v) is 5.99. The average molecular weight is 501 g/mol. The van der Waals surface area contributed by atoms with Crippen LogP contribution in [0, 0.1) is 0 Å². The van der Waals surface area contributed by atoms with Gasteiger partial charge in [-0.15, -0.1) is 0 Å². The molecule has 4 rings (SSSR count). The number of aromatic nitrogens is 1. The number of rotatable bonds is 7. The number of hydrogen-bond acceptors (Lipinski definition) is 7. The molecule has 1 atom stereocenters. The maximum Gasteiger partial charge on any atom is 0.293 e. The van der Waals surface area contributed by atoms with Gasteiger partial charge in [-0.3, -0.25) is 24.3 Å². The van der Waals surface area contributed by atoms with Crippen LogP contribution in [0.25, 0.3) is 6.08 Å². The second-order valence-electron chi connectivity index (χ2n) is 7.85. The Morgan fingerprint density at radius 1 is 1.21 bits per heavy atom. The lowest BCUT2D eigenvalue weighted by Crippen LogP contribution is -2.53. The lowest BCUT2D eigenvalue weighted by atomic mass is 9.95. The second kappa shape index (κ2) is 10.1. The predicted molar refractivity (Wildman–Crippen MR) is 129 cm³/mol. The first kappa shape index (κ1) is 24.1. The molecule has 1 saturated heterocycles. The molecular weight excluding hydrogens is 476 g/mol. The summed E-state index contributed by atoms with van der Waals surface area (Å²) in [5.74, 6) is -1.00. The SMILES string of the molecule is CCS(=O)(=O)N1Cc2ccccc2C[C@H]1C(=O)NCCN1C(=O)S/C(=C\c2cccnc2)C1=O. The fourth-order valence-electron chi connectivity index (χ4n) is 3.89. The van der Waals surface area contributed by atoms with E-state index in [9.17, 15) is 22.8 Å². The number of carbonyl (C=O) groups is 3. The zero-order valence-electron chi connectivity index (χ0n) is 18.5. The molecule has 2 aromatic rings. The Morgan fingerprint density at radius 2 is 1.97 bits per heavy atom. The largest absolute Gasteiger partial charge is 0.353 e. The molecular formula is C23H24N4O5S2. The van der Waals surface area contributed by atoms with Gasteiger partial charge in [0.15, 0.2) is 0 Å². The zero-order valence-corrected chi connectivity index (χ0v) is 20.1. The molecule has 1 fully saturated rings. The van der Waals surface area contributed by atoms with Gasteiger partial charge in [0.25, 0.3) is 11.1 Å². The Labute approximate surface area is 202 Å². The minimum Gasteiger partial charge on any atom is -0.353 e. The molecule has 2 aliphatic rings. The third-order valence-electron chi connectivity index (χ3n) is 5.72. The molecule has 1 aromatic carbocycles. The lowest BCUT2D eigenvalue weighted by molar-refractivity contribution is -0.126. The molecule has 1 N–H and O–H groups in total. The first-order valence-electron chi connectivity index (χ1n) is 10.8. The van der Waals surface area contributed by atoms with Crippen molar-refractivity contribution in [2.24, 2.45) is 0 Å². The van der Waals surface area contributed by atoms with Crippen LogP contribution >= 0.6 is 11.8 Å². The third-order valence-corrected chi connectivity index (χ3v) is 8.46. The Balaban J connectivity index is 1.41. The molecule has 0 aliphatic carbocycles. The van der Waals surface area contributed by atoms with Gasteiger partial charge in [-0.05, 0) is 53.9 Å². The molecule has 1 aromatic heterocycles. The van der Waals surface area contributed by atoms with Gasteiger partial charge < -0.3 is 5.32 Å². The number of benzene rings is 1. The number of fused-ring (bicyclic) bond motifs is 1. The summed E-state index contributed by atoms with van der Waals surface area (Å²) in [5.41, 5.74) is 2.51. The van der Waals surface area contributed by atoms with E-state index in [-0.39, 0.29) is 36.7 Å². The van der Waals surface area contributed by atoms with Gasteiger partial charge in [-0.25, -0.2) is 8.42 Å². The van der Waals surface area contributed by atoms with Crippen molar-refractivity contribution in [2.75, 3.05) is 18.8 Å². The van der Waals surface area contributed by atoms with E-state index in [1.165, 1.54) is 4.31 Å². The third kappa shape index (κ3) is 5.06. The number of pyridine rings is 1. The van der Waals surface area contributed by atoms with Crippen LogP contribution in [0.1, 0.15) is 23.6 Å². The summed E-state index contributed by atoms with van der Waals surface area (Å²) in [4.78, 5) is 43.3. The van der Waals surface area contributed by atoms with Crippen LogP contribution in [-0.2, 0) is 32.6 Å². The molecule has 34 heavy (non-hydrogen) atoms. The normalized spacial score (nSPS) is 20.0. The molecule has 2 aliphatic heterocycles. The maximum atomic E-state index is 13.0. The zero-order chi connectivity index (χ0) is 24.3. The summed E-state index contributed by atoms with van der Waals surface area (Å²) in [7, 11) is -3.62. The molecule has 0 unspecified atom stereocenters. The summed E-state index contributed by atoms with van der Waals surface area (Å²) in [5, 5.41) is 2.29. The van der Waals surface area contributed by atoms with Gasteiger partial charge >= 0.3 is 0 Å². The Kier molecular flexibility index (Phi) is 7.15. The number of nitrogens with zero attached hydrogens (tertiary/aromatic N) is 3. The number of carbonyl (C=O) groups excluding carboxylic acids is 3. The highest BCUT2D eigenvalue weighted by Gasteiger charge is 2.38. The second-order valence-corrected chi connectivity index (χ2v) is 11.0. The van der Waals surface area contributed by atoms with E-state index < -0.39 is 33.1 Å². The van der Waals surface area contributed by atoms with Gasteiger partial charge in [-0.2, -0.15) is 4.31 Å². The van der Waals surface area contributed by atoms with Crippen molar-refractivity contribution in [2.45, 2.75) is 25.9 Å². The Morgan fingerprint density at radius 3 is 2.68 bits per heavy atom. The number of imide groups is 1. The van der Waals surface area contributed by atoms with Crippen LogP contribution in [0.15, 0.2) is 53.7 Å². The van der Waals surface area contributed by atoms with Crippen LogP contribution in [-0.4, -0.2) is 64.5 Å². The first-order valence-corrected chi connectivity index (χ1v) is 13.2. The average Bonchev–Trinajstić information content (AvgIpc) is 3.11. The number of nitrogens with one attached hydrogen (secondary N) is 1. The van der Waals surface area contributed by atoms with Crippen molar-refractivity contribution in [3.63, 3.8) is 0 Å². The van der Waals surface area contributed by atoms with Crippen molar-refractivity contribution in [3.05, 3.63) is 70.4 Å². The van der Waals surface area contributed by atoms with Crippen LogP contribution in [0.5, 0.6) is 0 Å². The van der Waals surface area contributed by atoms with Crippen molar-refractivity contribution in [1.29, 1.82) is 0 Å². The molecule has 3 heterocycles. The van der Waals surface area contributed by atoms with E-state index in [0.717, 1.165) is 27.8 Å². The maximum absolute atomic E-state index is 13.0. The highest BCUT2D eigenvalue weighted by Crippen LogP contribution is 2.32. The smallest absolute Gasteiger partial charge is 0.293 e. The van der Waals surface area contributed by atoms with Crippen molar-refractivity contribution >= 4 is 44.9 Å². The summed E-state index contributed by atoms with van der Waals surface area (Å²) in [6, 6.07) is 10.1. The predicted octanol–water partition coefficient (Wildman–Crippen LogP) is 2.01. The summed E-state index contributed by atoms with van der Waals surface area (Å²) in [6.45, 7) is 1.69. The minimum atomic E-state index is -3.62. The van der Waals surface area contributed by atoms with Crippen LogP contribution < -0.4 is 5.32 Å². The van der Waals surface area contributed by atoms with Gasteiger partial charge in [0, 0.05) is 32.0 Å². The number of thioether (sulfide) groups is 1. The standard InChI is InChI=1S/C23H24N4O5S2/c1-2-34(31,32)27-15-18-8-4-3-7-17(18)13-19(27)21(28)25-10-11-26-22(29)20(33-23(26)30)12-16-6-5-9-24-14-16/h3-9,12,14,19H,2,10-11,13,15H2,1H3,(H,25,28)/b20-12-/t19-/m0/s1. The molecule has 0 saturated carbocycles. The number of amides is 3. The topological polar surface area (TPSA) is 117 Å². The van der Waals surface area contributed by atoms with Crippen molar-refractivity contribution in [1.82, 2.24) is 19.5 Å². The fraction of sp³-hybridized carbons (Fsp3) is 0.304. The van der Waals surface area contributed by atoms with Gasteiger partial charge in [0.2, 0.25) is 15.9 Å². The number of sulfonamides is 1. The van der Waals surface area contributed by atoms with E-state index in [4.69, 9.17) is 0 Å². The molecule has 0 spiro atoms. The van der Waals surface area contributed by atoms with Crippen LogP contribution in [0.4, 0.5) is 4.79 Å². The number of hydrogen-bond donors (Lipinski definition) is 1. The van der Waals surface area contributed by atoms with E-state index >= 15 is 0 Å². The van der Waals surface area contributed by atoms with Gasteiger partial charge in [-0.1, -0.05) is 30.3 Å². The molecule has 178 valence electrons. The summed E-state index contributed by atoms with van der Waals surface area (Å²) >= 11 is 0.833. The molecule has 0 radical (unpaired) electrons.